The lowest BCUT2D eigenvalue weighted by Gasteiger charge is -2.43. The molecule has 0 unspecified atom stereocenters. The number of hydrogen-bond acceptors (Lipinski definition) is 7. The first-order valence-electron chi connectivity index (χ1n) is 19.8. The Balaban J connectivity index is 0.768. The third-order valence-corrected chi connectivity index (χ3v) is 13.4. The number of anilines is 2. The molecule has 3 saturated heterocycles. The molecule has 2 N–H and O–H groups in total. The van der Waals surface area contributed by atoms with E-state index >= 15 is 0 Å². The lowest BCUT2D eigenvalue weighted by molar-refractivity contribution is -0.136. The molecule has 0 bridgehead atoms. The van der Waals surface area contributed by atoms with Crippen LogP contribution in [0.1, 0.15) is 89.9 Å². The van der Waals surface area contributed by atoms with Crippen molar-refractivity contribution in [2.45, 2.75) is 76.3 Å². The van der Waals surface area contributed by atoms with Crippen LogP contribution < -0.4 is 15.1 Å². The van der Waals surface area contributed by atoms with E-state index in [9.17, 15) is 19.5 Å². The Morgan fingerprint density at radius 1 is 0.712 bits per heavy atom. The van der Waals surface area contributed by atoms with Crippen molar-refractivity contribution in [2.75, 3.05) is 55.6 Å². The summed E-state index contributed by atoms with van der Waals surface area (Å²) >= 11 is 0. The monoisotopic (exact) mass is 701 g/mol. The van der Waals surface area contributed by atoms with Gasteiger partial charge in [0.1, 0.15) is 11.8 Å². The quantitative estimate of drug-likeness (QED) is 0.306. The number of carbonyl (C=O) groups excluding carboxylic acids is 3. The predicted octanol–water partition coefficient (Wildman–Crippen LogP) is 5.69. The molecule has 3 aromatic carbocycles. The van der Waals surface area contributed by atoms with E-state index in [0.717, 1.165) is 69.4 Å². The number of nitrogens with zero attached hydrogens (tertiary/aromatic N) is 4. The molecular formula is C43H51N5O4. The molecule has 0 aromatic heterocycles. The van der Waals surface area contributed by atoms with Crippen molar-refractivity contribution in [2.24, 2.45) is 17.8 Å². The number of piperidine rings is 2. The molecule has 0 spiro atoms. The number of phenolic OH excluding ortho intramolecular Hbond substituents is 1. The van der Waals surface area contributed by atoms with Gasteiger partial charge in [-0.25, -0.2) is 0 Å². The van der Waals surface area contributed by atoms with Crippen molar-refractivity contribution in [1.82, 2.24) is 15.1 Å². The fraction of sp³-hybridized carbons (Fsp3) is 0.512. The standard InChI is InChI=1S/C43H51N5O4/c49-35-10-13-37-31(25-35)6-11-36(29-2-1-3-29)41(37)30-4-7-33(8-5-30)46-18-16-28(17-19-46)26-45-20-22-47(23-21-45)34-9-12-38-32(24-34)27-48(43(38)52)39-14-15-40(50)44-42(39)51/h4-5,7-10,12-13,24-25,28-29,36,39,41,49H,1-3,6,11,14-23,26-27H2,(H,44,50,51)/t36-,39-,41+/m1/s1. The third kappa shape index (κ3) is 6.35. The third-order valence-electron chi connectivity index (χ3n) is 13.4. The Morgan fingerprint density at radius 3 is 2.19 bits per heavy atom. The Kier molecular flexibility index (Phi) is 8.93. The highest BCUT2D eigenvalue weighted by molar-refractivity contribution is 6.05. The summed E-state index contributed by atoms with van der Waals surface area (Å²) in [7, 11) is 0. The van der Waals surface area contributed by atoms with Crippen LogP contribution in [0.5, 0.6) is 5.75 Å². The number of piperazine rings is 1. The van der Waals surface area contributed by atoms with Crippen LogP contribution in [0.4, 0.5) is 11.4 Å². The van der Waals surface area contributed by atoms with Gasteiger partial charge in [-0.15, -0.1) is 0 Å². The summed E-state index contributed by atoms with van der Waals surface area (Å²) in [5, 5.41) is 12.6. The predicted molar refractivity (Wildman–Crippen MR) is 202 cm³/mol. The van der Waals surface area contributed by atoms with Gasteiger partial charge in [-0.3, -0.25) is 24.6 Å². The minimum Gasteiger partial charge on any atom is -0.508 e. The molecule has 0 radical (unpaired) electrons. The van der Waals surface area contributed by atoms with Gasteiger partial charge in [0, 0.05) is 81.6 Å². The molecule has 6 aliphatic rings. The van der Waals surface area contributed by atoms with Gasteiger partial charge in [-0.05, 0) is 115 Å². The van der Waals surface area contributed by atoms with Gasteiger partial charge in [0.25, 0.3) is 5.91 Å². The maximum Gasteiger partial charge on any atom is 0.255 e. The second-order valence-corrected chi connectivity index (χ2v) is 16.3. The molecule has 3 atom stereocenters. The van der Waals surface area contributed by atoms with Crippen LogP contribution in [0.15, 0.2) is 60.7 Å². The zero-order valence-corrected chi connectivity index (χ0v) is 30.1. The van der Waals surface area contributed by atoms with Crippen LogP contribution in [-0.4, -0.2) is 84.5 Å². The average Bonchev–Trinajstić information content (AvgIpc) is 3.46. The van der Waals surface area contributed by atoms with E-state index in [2.05, 4.69) is 62.5 Å². The molecule has 2 aliphatic carbocycles. The van der Waals surface area contributed by atoms with Crippen LogP contribution in [0.25, 0.3) is 0 Å². The average molecular weight is 702 g/mol. The van der Waals surface area contributed by atoms with Crippen molar-refractivity contribution in [3.05, 3.63) is 88.5 Å². The highest BCUT2D eigenvalue weighted by Gasteiger charge is 2.40. The smallest absolute Gasteiger partial charge is 0.255 e. The summed E-state index contributed by atoms with van der Waals surface area (Å²) in [5.74, 6) is 2.32. The van der Waals surface area contributed by atoms with E-state index in [1.807, 2.05) is 18.2 Å². The molecule has 52 heavy (non-hydrogen) atoms. The maximum atomic E-state index is 13.1. The molecule has 4 heterocycles. The van der Waals surface area contributed by atoms with E-state index < -0.39 is 6.04 Å². The second kappa shape index (κ2) is 13.9. The molecule has 272 valence electrons. The first-order chi connectivity index (χ1) is 25.4. The zero-order chi connectivity index (χ0) is 35.3. The largest absolute Gasteiger partial charge is 0.508 e. The van der Waals surface area contributed by atoms with Crippen LogP contribution >= 0.6 is 0 Å². The van der Waals surface area contributed by atoms with Gasteiger partial charge in [-0.1, -0.05) is 37.5 Å². The van der Waals surface area contributed by atoms with Gasteiger partial charge < -0.3 is 19.8 Å². The molecule has 1 saturated carbocycles. The summed E-state index contributed by atoms with van der Waals surface area (Å²) in [6.45, 7) is 7.76. The molecule has 3 aromatic rings. The van der Waals surface area contributed by atoms with E-state index in [0.29, 0.717) is 42.0 Å². The Hall–Kier alpha value is -4.37. The summed E-state index contributed by atoms with van der Waals surface area (Å²) < 4.78 is 0. The van der Waals surface area contributed by atoms with Crippen LogP contribution in [0, 0.1) is 17.8 Å². The maximum absolute atomic E-state index is 13.1. The summed E-state index contributed by atoms with van der Waals surface area (Å²) in [6.07, 6.45) is 9.49. The lowest BCUT2D eigenvalue weighted by atomic mass is 9.62. The number of phenols is 1. The van der Waals surface area contributed by atoms with Gasteiger partial charge in [-0.2, -0.15) is 0 Å². The van der Waals surface area contributed by atoms with Gasteiger partial charge in [0.15, 0.2) is 0 Å². The second-order valence-electron chi connectivity index (χ2n) is 16.3. The normalized spacial score (nSPS) is 25.9. The number of fused-ring (bicyclic) bond motifs is 2. The molecule has 4 fully saturated rings. The number of rotatable bonds is 7. The number of imide groups is 1. The SMILES string of the molecule is O=C1CC[C@@H](N2Cc3cc(N4CCN(CC5CCN(c6ccc([C@@H]7c8ccc(O)cc8CC[C@@H]7C7CCC7)cc6)CC5)CC4)ccc3C2=O)C(=O)N1. The van der Waals surface area contributed by atoms with Crippen LogP contribution in [-0.2, 0) is 22.6 Å². The lowest BCUT2D eigenvalue weighted by Crippen LogP contribution is -2.52. The van der Waals surface area contributed by atoms with Crippen molar-refractivity contribution in [3.63, 3.8) is 0 Å². The first kappa shape index (κ1) is 33.5. The molecular weight excluding hydrogens is 651 g/mol. The Labute approximate surface area is 307 Å². The number of aryl methyl sites for hydroxylation is 1. The van der Waals surface area contributed by atoms with Gasteiger partial charge in [0.05, 0.1) is 0 Å². The van der Waals surface area contributed by atoms with Crippen molar-refractivity contribution < 1.29 is 19.5 Å². The number of carbonyl (C=O) groups is 3. The minimum absolute atomic E-state index is 0.116. The number of benzene rings is 3. The highest BCUT2D eigenvalue weighted by atomic mass is 16.3. The van der Waals surface area contributed by atoms with Crippen molar-refractivity contribution in [1.29, 1.82) is 0 Å². The number of amides is 3. The van der Waals surface area contributed by atoms with E-state index in [1.54, 1.807) is 4.90 Å². The van der Waals surface area contributed by atoms with Crippen LogP contribution in [0.2, 0.25) is 0 Å². The molecule has 9 heteroatoms. The summed E-state index contributed by atoms with van der Waals surface area (Å²) in [6, 6.07) is 21.1. The van der Waals surface area contributed by atoms with E-state index in [-0.39, 0.29) is 24.1 Å². The topological polar surface area (TPSA) is 96.4 Å². The number of aromatic hydroxyl groups is 1. The molecule has 4 aliphatic heterocycles. The number of nitrogens with one attached hydrogen (secondary N) is 1. The van der Waals surface area contributed by atoms with Gasteiger partial charge >= 0.3 is 0 Å². The number of hydrogen-bond donors (Lipinski definition) is 2. The van der Waals surface area contributed by atoms with Crippen LogP contribution in [0.3, 0.4) is 0 Å². The summed E-state index contributed by atoms with van der Waals surface area (Å²) in [5.41, 5.74) is 8.31. The zero-order valence-electron chi connectivity index (χ0n) is 30.1. The fourth-order valence-electron chi connectivity index (χ4n) is 10.2. The van der Waals surface area contributed by atoms with E-state index in [1.165, 1.54) is 60.9 Å². The van der Waals surface area contributed by atoms with E-state index in [4.69, 9.17) is 0 Å². The van der Waals surface area contributed by atoms with Crippen molar-refractivity contribution in [3.8, 4) is 5.75 Å². The minimum atomic E-state index is -0.580. The van der Waals surface area contributed by atoms with Crippen molar-refractivity contribution >= 4 is 29.1 Å². The highest BCUT2D eigenvalue weighted by Crippen LogP contribution is 2.50. The summed E-state index contributed by atoms with van der Waals surface area (Å²) in [4.78, 5) is 46.5. The Bertz CT molecular complexity index is 1840. The molecule has 9 nitrogen and oxygen atoms in total. The fourth-order valence-corrected chi connectivity index (χ4v) is 10.2. The molecule has 3 amide bonds. The molecule has 9 rings (SSSR count). The first-order valence-corrected chi connectivity index (χ1v) is 19.8. The Morgan fingerprint density at radius 2 is 1.46 bits per heavy atom. The van der Waals surface area contributed by atoms with Gasteiger partial charge in [0.2, 0.25) is 11.8 Å².